The number of nitrogens with zero attached hydrogens (tertiary/aromatic N) is 2. The highest BCUT2D eigenvalue weighted by molar-refractivity contribution is 7.15. The van der Waals surface area contributed by atoms with Crippen LogP contribution in [0.5, 0.6) is 0 Å². The molecule has 3 nitrogen and oxygen atoms in total. The van der Waals surface area contributed by atoms with Gasteiger partial charge in [0.2, 0.25) is 0 Å². The molecule has 1 aromatic carbocycles. The van der Waals surface area contributed by atoms with E-state index in [2.05, 4.69) is 36.1 Å². The standard InChI is InChI=1S/C16H21N3S/c1-2-14-15(11-17)20-16(18-14)19-9-7-12-5-3-4-6-13(12)8-10-19/h3-6H,2,7-11,17H2,1H3. The van der Waals surface area contributed by atoms with Crippen LogP contribution in [0, 0.1) is 0 Å². The van der Waals surface area contributed by atoms with E-state index in [0.717, 1.165) is 37.5 Å². The lowest BCUT2D eigenvalue weighted by Crippen LogP contribution is -2.25. The van der Waals surface area contributed by atoms with Gasteiger partial charge in [-0.25, -0.2) is 4.98 Å². The van der Waals surface area contributed by atoms with Crippen molar-refractivity contribution < 1.29 is 0 Å². The van der Waals surface area contributed by atoms with E-state index in [1.165, 1.54) is 21.7 Å². The largest absolute Gasteiger partial charge is 0.347 e. The van der Waals surface area contributed by atoms with Gasteiger partial charge in [0.25, 0.3) is 0 Å². The van der Waals surface area contributed by atoms with Gasteiger partial charge in [-0.3, -0.25) is 0 Å². The third-order valence-electron chi connectivity index (χ3n) is 3.98. The van der Waals surface area contributed by atoms with E-state index < -0.39 is 0 Å². The lowest BCUT2D eigenvalue weighted by molar-refractivity contribution is 0.797. The SMILES string of the molecule is CCc1nc(N2CCc3ccccc3CC2)sc1CN. The van der Waals surface area contributed by atoms with Crippen LogP contribution in [-0.4, -0.2) is 18.1 Å². The summed E-state index contributed by atoms with van der Waals surface area (Å²) in [6, 6.07) is 8.78. The van der Waals surface area contributed by atoms with E-state index >= 15 is 0 Å². The van der Waals surface area contributed by atoms with Crippen molar-refractivity contribution in [3.8, 4) is 0 Å². The Balaban J connectivity index is 1.81. The Kier molecular flexibility index (Phi) is 4.03. The van der Waals surface area contributed by atoms with Crippen LogP contribution in [0.2, 0.25) is 0 Å². The minimum Gasteiger partial charge on any atom is -0.347 e. The maximum absolute atomic E-state index is 5.82. The fraction of sp³-hybridized carbons (Fsp3) is 0.438. The maximum atomic E-state index is 5.82. The van der Waals surface area contributed by atoms with Crippen LogP contribution in [0.3, 0.4) is 0 Å². The zero-order valence-corrected chi connectivity index (χ0v) is 12.7. The molecule has 0 saturated carbocycles. The Hall–Kier alpha value is -1.39. The number of nitrogens with two attached hydrogens (primary N) is 1. The van der Waals surface area contributed by atoms with E-state index in [9.17, 15) is 0 Å². The molecule has 0 saturated heterocycles. The Morgan fingerprint density at radius 1 is 1.20 bits per heavy atom. The summed E-state index contributed by atoms with van der Waals surface area (Å²) >= 11 is 1.77. The lowest BCUT2D eigenvalue weighted by Gasteiger charge is -2.18. The van der Waals surface area contributed by atoms with Gasteiger partial charge >= 0.3 is 0 Å². The van der Waals surface area contributed by atoms with E-state index in [0.29, 0.717) is 6.54 Å². The highest BCUT2D eigenvalue weighted by Gasteiger charge is 2.18. The zero-order chi connectivity index (χ0) is 13.9. The van der Waals surface area contributed by atoms with Crippen LogP contribution in [0.1, 0.15) is 28.6 Å². The van der Waals surface area contributed by atoms with Crippen molar-refractivity contribution in [1.29, 1.82) is 0 Å². The lowest BCUT2D eigenvalue weighted by atomic mass is 10.0. The number of rotatable bonds is 3. The van der Waals surface area contributed by atoms with Crippen LogP contribution in [0.4, 0.5) is 5.13 Å². The second-order valence-corrected chi connectivity index (χ2v) is 6.24. The summed E-state index contributed by atoms with van der Waals surface area (Å²) in [4.78, 5) is 8.45. The first-order chi connectivity index (χ1) is 9.81. The summed E-state index contributed by atoms with van der Waals surface area (Å²) in [5.41, 5.74) is 9.97. The number of benzene rings is 1. The highest BCUT2D eigenvalue weighted by atomic mass is 32.1. The minimum atomic E-state index is 0.606. The van der Waals surface area contributed by atoms with Crippen molar-refractivity contribution in [1.82, 2.24) is 4.98 Å². The average molecular weight is 287 g/mol. The van der Waals surface area contributed by atoms with Crippen LogP contribution >= 0.6 is 11.3 Å². The van der Waals surface area contributed by atoms with Gasteiger partial charge in [0.15, 0.2) is 5.13 Å². The molecule has 1 aliphatic heterocycles. The molecule has 0 unspecified atom stereocenters. The molecule has 0 aliphatic carbocycles. The Labute approximate surface area is 124 Å². The molecule has 3 rings (SSSR count). The summed E-state index contributed by atoms with van der Waals surface area (Å²) in [5, 5.41) is 1.15. The first-order valence-corrected chi connectivity index (χ1v) is 8.13. The molecule has 0 fully saturated rings. The van der Waals surface area contributed by atoms with E-state index in [4.69, 9.17) is 10.7 Å². The van der Waals surface area contributed by atoms with E-state index in [-0.39, 0.29) is 0 Å². The zero-order valence-electron chi connectivity index (χ0n) is 11.9. The molecule has 106 valence electrons. The number of anilines is 1. The number of hydrogen-bond acceptors (Lipinski definition) is 4. The molecule has 0 radical (unpaired) electrons. The highest BCUT2D eigenvalue weighted by Crippen LogP contribution is 2.28. The monoisotopic (exact) mass is 287 g/mol. The normalized spacial score (nSPS) is 15.0. The van der Waals surface area contributed by atoms with Gasteiger partial charge < -0.3 is 10.6 Å². The van der Waals surface area contributed by atoms with Crippen molar-refractivity contribution in [2.75, 3.05) is 18.0 Å². The van der Waals surface area contributed by atoms with Gasteiger partial charge in [-0.2, -0.15) is 0 Å². The summed E-state index contributed by atoms with van der Waals surface area (Å²) in [6.45, 7) is 4.86. The quantitative estimate of drug-likeness (QED) is 0.944. The molecule has 1 aliphatic rings. The molecule has 20 heavy (non-hydrogen) atoms. The number of thiazole rings is 1. The Bertz CT molecular complexity index is 543. The Morgan fingerprint density at radius 3 is 2.35 bits per heavy atom. The summed E-state index contributed by atoms with van der Waals surface area (Å²) < 4.78 is 0. The van der Waals surface area contributed by atoms with Crippen LogP contribution in [-0.2, 0) is 25.8 Å². The number of hydrogen-bond donors (Lipinski definition) is 1. The first-order valence-electron chi connectivity index (χ1n) is 7.32. The summed E-state index contributed by atoms with van der Waals surface area (Å²) in [5.74, 6) is 0. The van der Waals surface area contributed by atoms with Crippen LogP contribution in [0.25, 0.3) is 0 Å². The smallest absolute Gasteiger partial charge is 0.185 e. The molecule has 2 heterocycles. The molecule has 1 aromatic heterocycles. The molecular weight excluding hydrogens is 266 g/mol. The third-order valence-corrected chi connectivity index (χ3v) is 5.16. The fourth-order valence-corrected chi connectivity index (χ4v) is 3.88. The van der Waals surface area contributed by atoms with Gasteiger partial charge in [0, 0.05) is 24.5 Å². The van der Waals surface area contributed by atoms with Crippen molar-refractivity contribution in [2.45, 2.75) is 32.7 Å². The van der Waals surface area contributed by atoms with Crippen molar-refractivity contribution in [2.24, 2.45) is 5.73 Å². The van der Waals surface area contributed by atoms with E-state index in [1.807, 2.05) is 0 Å². The van der Waals surface area contributed by atoms with Crippen molar-refractivity contribution in [3.05, 3.63) is 46.0 Å². The number of fused-ring (bicyclic) bond motifs is 1. The second kappa shape index (κ2) is 5.94. The van der Waals surface area contributed by atoms with Gasteiger partial charge in [0.05, 0.1) is 5.69 Å². The molecule has 0 amide bonds. The fourth-order valence-electron chi connectivity index (χ4n) is 2.80. The minimum absolute atomic E-state index is 0.606. The summed E-state index contributed by atoms with van der Waals surface area (Å²) in [7, 11) is 0. The van der Waals surface area contributed by atoms with Gasteiger partial charge in [0.1, 0.15) is 0 Å². The molecular formula is C16H21N3S. The molecule has 2 aromatic rings. The number of aryl methyl sites for hydroxylation is 1. The van der Waals surface area contributed by atoms with Gasteiger partial charge in [-0.1, -0.05) is 31.2 Å². The van der Waals surface area contributed by atoms with Gasteiger partial charge in [-0.05, 0) is 30.4 Å². The predicted molar refractivity (Wildman–Crippen MR) is 85.4 cm³/mol. The van der Waals surface area contributed by atoms with Gasteiger partial charge in [-0.15, -0.1) is 11.3 Å². The van der Waals surface area contributed by atoms with Crippen LogP contribution in [0.15, 0.2) is 24.3 Å². The predicted octanol–water partition coefficient (Wildman–Crippen LogP) is 2.77. The second-order valence-electron chi connectivity index (χ2n) is 5.18. The first kappa shape index (κ1) is 13.6. The van der Waals surface area contributed by atoms with Crippen molar-refractivity contribution >= 4 is 16.5 Å². The molecule has 4 heteroatoms. The molecule has 2 N–H and O–H groups in total. The third kappa shape index (κ3) is 2.58. The topological polar surface area (TPSA) is 42.2 Å². The van der Waals surface area contributed by atoms with Crippen molar-refractivity contribution in [3.63, 3.8) is 0 Å². The van der Waals surface area contributed by atoms with E-state index in [1.54, 1.807) is 11.3 Å². The molecule has 0 spiro atoms. The molecule has 0 atom stereocenters. The molecule has 0 bridgehead atoms. The maximum Gasteiger partial charge on any atom is 0.185 e. The Morgan fingerprint density at radius 2 is 1.85 bits per heavy atom. The number of aromatic nitrogens is 1. The van der Waals surface area contributed by atoms with Crippen LogP contribution < -0.4 is 10.6 Å². The summed E-state index contributed by atoms with van der Waals surface area (Å²) in [6.07, 6.45) is 3.18. The average Bonchev–Trinajstić information content (AvgIpc) is 2.79.